The van der Waals surface area contributed by atoms with E-state index in [-0.39, 0.29) is 4.90 Å². The fourth-order valence-electron chi connectivity index (χ4n) is 1.75. The molecular weight excluding hydrogens is 441 g/mol. The van der Waals surface area contributed by atoms with Gasteiger partial charge >= 0.3 is 0 Å². The van der Waals surface area contributed by atoms with Crippen LogP contribution in [0.4, 0.5) is 5.69 Å². The highest BCUT2D eigenvalue weighted by atomic mass is 79.9. The highest BCUT2D eigenvalue weighted by Gasteiger charge is 2.19. The minimum atomic E-state index is -3.66. The number of benzene rings is 2. The van der Waals surface area contributed by atoms with Crippen molar-refractivity contribution in [3.05, 3.63) is 55.4 Å². The highest BCUT2D eigenvalue weighted by Crippen LogP contribution is 2.38. The van der Waals surface area contributed by atoms with Crippen LogP contribution < -0.4 is 4.72 Å². The molecule has 0 spiro atoms. The van der Waals surface area contributed by atoms with Gasteiger partial charge in [0.15, 0.2) is 0 Å². The SMILES string of the molecule is Cc1ccc(S(=O)(=O)Nc2c(Br)cc(Br)c(Cl)c2C)cc1. The van der Waals surface area contributed by atoms with Crippen molar-refractivity contribution in [1.29, 1.82) is 0 Å². The van der Waals surface area contributed by atoms with Crippen LogP contribution in [-0.4, -0.2) is 8.42 Å². The summed E-state index contributed by atoms with van der Waals surface area (Å²) >= 11 is 12.8. The zero-order valence-electron chi connectivity index (χ0n) is 11.2. The number of rotatable bonds is 3. The second kappa shape index (κ2) is 6.28. The molecule has 112 valence electrons. The first kappa shape index (κ1) is 16.8. The molecule has 0 aromatic heterocycles. The van der Waals surface area contributed by atoms with Gasteiger partial charge in [0.25, 0.3) is 10.0 Å². The summed E-state index contributed by atoms with van der Waals surface area (Å²) in [5, 5.41) is 0.472. The Kier molecular flexibility index (Phi) is 5.03. The molecule has 2 rings (SSSR count). The van der Waals surface area contributed by atoms with Crippen LogP contribution in [-0.2, 0) is 10.0 Å². The van der Waals surface area contributed by atoms with Gasteiger partial charge in [-0.05, 0) is 69.5 Å². The summed E-state index contributed by atoms with van der Waals surface area (Å²) in [5.74, 6) is 0. The van der Waals surface area contributed by atoms with Crippen LogP contribution in [0.2, 0.25) is 5.02 Å². The van der Waals surface area contributed by atoms with Crippen molar-refractivity contribution in [2.75, 3.05) is 4.72 Å². The van der Waals surface area contributed by atoms with Crippen molar-refractivity contribution in [1.82, 2.24) is 0 Å². The smallest absolute Gasteiger partial charge is 0.261 e. The third-order valence-electron chi connectivity index (χ3n) is 2.97. The molecule has 2 aromatic carbocycles. The number of halogens is 3. The molecule has 2 aromatic rings. The van der Waals surface area contributed by atoms with Crippen LogP contribution in [0.15, 0.2) is 44.2 Å². The maximum absolute atomic E-state index is 12.4. The van der Waals surface area contributed by atoms with Gasteiger partial charge in [0.1, 0.15) is 0 Å². The Morgan fingerprint density at radius 3 is 2.19 bits per heavy atom. The first-order chi connectivity index (χ1) is 9.72. The Morgan fingerprint density at radius 2 is 1.62 bits per heavy atom. The van der Waals surface area contributed by atoms with E-state index in [0.717, 1.165) is 5.56 Å². The van der Waals surface area contributed by atoms with Crippen LogP contribution in [0, 0.1) is 13.8 Å². The van der Waals surface area contributed by atoms with Gasteiger partial charge < -0.3 is 0 Å². The highest BCUT2D eigenvalue weighted by molar-refractivity contribution is 9.11. The van der Waals surface area contributed by atoms with Gasteiger partial charge in [-0.3, -0.25) is 4.72 Å². The molecule has 21 heavy (non-hydrogen) atoms. The fourth-order valence-corrected chi connectivity index (χ4v) is 4.63. The van der Waals surface area contributed by atoms with Crippen LogP contribution in [0.1, 0.15) is 11.1 Å². The van der Waals surface area contributed by atoms with Gasteiger partial charge in [-0.1, -0.05) is 29.3 Å². The normalized spacial score (nSPS) is 11.5. The quantitative estimate of drug-likeness (QED) is 0.643. The molecular formula is C14H12Br2ClNO2S. The summed E-state index contributed by atoms with van der Waals surface area (Å²) in [6, 6.07) is 8.36. The van der Waals surface area contributed by atoms with E-state index >= 15 is 0 Å². The predicted octanol–water partition coefficient (Wildman–Crippen LogP) is 5.28. The molecule has 0 atom stereocenters. The molecule has 0 saturated carbocycles. The van der Waals surface area contributed by atoms with Gasteiger partial charge in [-0.2, -0.15) is 0 Å². The van der Waals surface area contributed by atoms with Crippen LogP contribution in [0.3, 0.4) is 0 Å². The topological polar surface area (TPSA) is 46.2 Å². The standard InChI is InChI=1S/C14H12Br2ClNO2S/c1-8-3-5-10(6-4-8)21(19,20)18-14-9(2)13(17)11(15)7-12(14)16/h3-7,18H,1-2H3. The maximum atomic E-state index is 12.4. The molecule has 7 heteroatoms. The lowest BCUT2D eigenvalue weighted by Crippen LogP contribution is -2.14. The summed E-state index contributed by atoms with van der Waals surface area (Å²) in [6.07, 6.45) is 0. The lowest BCUT2D eigenvalue weighted by molar-refractivity contribution is 0.601. The average molecular weight is 454 g/mol. The number of sulfonamides is 1. The van der Waals surface area contributed by atoms with Crippen molar-refractivity contribution >= 4 is 59.2 Å². The second-order valence-electron chi connectivity index (χ2n) is 4.57. The van der Waals surface area contributed by atoms with Gasteiger partial charge in [0.2, 0.25) is 0 Å². The molecule has 0 aliphatic heterocycles. The van der Waals surface area contributed by atoms with Crippen LogP contribution in [0.25, 0.3) is 0 Å². The number of aryl methyl sites for hydroxylation is 1. The molecule has 0 radical (unpaired) electrons. The molecule has 0 heterocycles. The summed E-state index contributed by atoms with van der Waals surface area (Å²) < 4.78 is 28.8. The first-order valence-electron chi connectivity index (χ1n) is 5.96. The molecule has 0 saturated heterocycles. The molecule has 0 fully saturated rings. The number of nitrogens with one attached hydrogen (secondary N) is 1. The van der Waals surface area contributed by atoms with E-state index in [9.17, 15) is 8.42 Å². The Morgan fingerprint density at radius 1 is 1.05 bits per heavy atom. The van der Waals surface area contributed by atoms with Crippen molar-refractivity contribution in [2.45, 2.75) is 18.7 Å². The van der Waals surface area contributed by atoms with Crippen molar-refractivity contribution in [2.24, 2.45) is 0 Å². The van der Waals surface area contributed by atoms with E-state index in [1.165, 1.54) is 0 Å². The Bertz CT molecular complexity index is 790. The zero-order valence-corrected chi connectivity index (χ0v) is 16.0. The largest absolute Gasteiger partial charge is 0.278 e. The molecule has 1 N–H and O–H groups in total. The molecule has 0 unspecified atom stereocenters. The summed E-state index contributed by atoms with van der Waals surface area (Å²) in [7, 11) is -3.66. The van der Waals surface area contributed by atoms with E-state index < -0.39 is 10.0 Å². The number of hydrogen-bond donors (Lipinski definition) is 1. The molecule has 0 amide bonds. The Labute approximate surface area is 146 Å². The van der Waals surface area contributed by atoms with E-state index in [4.69, 9.17) is 11.6 Å². The lowest BCUT2D eigenvalue weighted by Gasteiger charge is -2.14. The third-order valence-corrected chi connectivity index (χ3v) is 6.31. The van der Waals surface area contributed by atoms with Crippen molar-refractivity contribution in [3.8, 4) is 0 Å². The maximum Gasteiger partial charge on any atom is 0.261 e. The summed E-state index contributed by atoms with van der Waals surface area (Å²) in [5.41, 5.74) is 2.08. The first-order valence-corrected chi connectivity index (χ1v) is 9.40. The van der Waals surface area contributed by atoms with E-state index in [1.807, 2.05) is 6.92 Å². The van der Waals surface area contributed by atoms with Gasteiger partial charge in [-0.15, -0.1) is 0 Å². The summed E-state index contributed by atoms with van der Waals surface area (Å²) in [4.78, 5) is 0.207. The summed E-state index contributed by atoms with van der Waals surface area (Å²) in [6.45, 7) is 3.66. The van der Waals surface area contributed by atoms with Crippen LogP contribution >= 0.6 is 43.5 Å². The minimum Gasteiger partial charge on any atom is -0.278 e. The Balaban J connectivity index is 2.47. The Hall–Kier alpha value is -0.560. The number of hydrogen-bond acceptors (Lipinski definition) is 2. The lowest BCUT2D eigenvalue weighted by atomic mass is 10.2. The predicted molar refractivity (Wildman–Crippen MR) is 93.6 cm³/mol. The van der Waals surface area contributed by atoms with Gasteiger partial charge in [0, 0.05) is 8.95 Å². The molecule has 0 bridgehead atoms. The fraction of sp³-hybridized carbons (Fsp3) is 0.143. The van der Waals surface area contributed by atoms with Gasteiger partial charge in [-0.25, -0.2) is 8.42 Å². The monoisotopic (exact) mass is 451 g/mol. The van der Waals surface area contributed by atoms with Crippen LogP contribution in [0.5, 0.6) is 0 Å². The van der Waals surface area contributed by atoms with Gasteiger partial charge in [0.05, 0.1) is 15.6 Å². The number of anilines is 1. The minimum absolute atomic E-state index is 0.207. The molecule has 0 aliphatic rings. The van der Waals surface area contributed by atoms with E-state index in [1.54, 1.807) is 37.3 Å². The molecule has 3 nitrogen and oxygen atoms in total. The van der Waals surface area contributed by atoms with Crippen molar-refractivity contribution in [3.63, 3.8) is 0 Å². The van der Waals surface area contributed by atoms with E-state index in [0.29, 0.717) is 25.2 Å². The zero-order chi connectivity index (χ0) is 15.8. The average Bonchev–Trinajstić information content (AvgIpc) is 2.42. The molecule has 0 aliphatic carbocycles. The second-order valence-corrected chi connectivity index (χ2v) is 8.34. The third kappa shape index (κ3) is 3.62. The van der Waals surface area contributed by atoms with E-state index in [2.05, 4.69) is 36.6 Å². The van der Waals surface area contributed by atoms with Crippen molar-refractivity contribution < 1.29 is 8.42 Å².